The van der Waals surface area contributed by atoms with Crippen LogP contribution in [-0.2, 0) is 0 Å². The average molecular weight is 223 g/mol. The number of hydrogen-bond acceptors (Lipinski definition) is 4. The van der Waals surface area contributed by atoms with Crippen molar-refractivity contribution in [3.63, 3.8) is 0 Å². The lowest BCUT2D eigenvalue weighted by Gasteiger charge is -2.27. The highest BCUT2D eigenvalue weighted by atomic mass is 16.6. The molecule has 0 amide bonds. The highest BCUT2D eigenvalue weighted by molar-refractivity contribution is 5.40. The maximum atomic E-state index is 10.3. The molecule has 0 fully saturated rings. The van der Waals surface area contributed by atoms with Crippen molar-refractivity contribution < 1.29 is 14.6 Å². The summed E-state index contributed by atoms with van der Waals surface area (Å²) in [5.41, 5.74) is -0.956. The van der Waals surface area contributed by atoms with Gasteiger partial charge in [-0.3, -0.25) is 0 Å². The van der Waals surface area contributed by atoms with Crippen LogP contribution in [0.1, 0.15) is 0 Å². The fourth-order valence-corrected chi connectivity index (χ4v) is 1.83. The van der Waals surface area contributed by atoms with Crippen LogP contribution in [0.5, 0.6) is 11.5 Å². The number of nitrogens with zero attached hydrogens (tertiary/aromatic N) is 1. The lowest BCUT2D eigenvalue weighted by atomic mass is 10.1. The predicted molar refractivity (Wildman–Crippen MR) is 60.9 cm³/mol. The molecule has 0 aliphatic carbocycles. The normalized spacial score (nSPS) is 18.2. The first-order valence-corrected chi connectivity index (χ1v) is 5.31. The van der Waals surface area contributed by atoms with E-state index in [4.69, 9.17) is 9.47 Å². The Hall–Kier alpha value is -1.26. The summed E-state index contributed by atoms with van der Waals surface area (Å²) in [7, 11) is 3.83. The van der Waals surface area contributed by atoms with E-state index in [1.165, 1.54) is 0 Å². The van der Waals surface area contributed by atoms with E-state index in [2.05, 4.69) is 0 Å². The summed E-state index contributed by atoms with van der Waals surface area (Å²) >= 11 is 0. The molecule has 1 aromatic carbocycles. The van der Waals surface area contributed by atoms with Crippen LogP contribution in [0.3, 0.4) is 0 Å². The Morgan fingerprint density at radius 3 is 2.12 bits per heavy atom. The number of ether oxygens (including phenoxy) is 2. The number of rotatable bonds is 2. The summed E-state index contributed by atoms with van der Waals surface area (Å²) in [6.07, 6.45) is 0. The van der Waals surface area contributed by atoms with Crippen LogP contribution < -0.4 is 9.47 Å². The van der Waals surface area contributed by atoms with E-state index in [1.54, 1.807) is 0 Å². The lowest BCUT2D eigenvalue weighted by molar-refractivity contribution is -0.0437. The van der Waals surface area contributed by atoms with Gasteiger partial charge in [0.1, 0.15) is 18.8 Å². The smallest absolute Gasteiger partial charge is 0.161 e. The monoisotopic (exact) mass is 223 g/mol. The minimum Gasteiger partial charge on any atom is -0.487 e. The Labute approximate surface area is 95.4 Å². The van der Waals surface area contributed by atoms with Gasteiger partial charge in [-0.15, -0.1) is 0 Å². The Morgan fingerprint density at radius 2 is 1.69 bits per heavy atom. The molecule has 4 heteroatoms. The Balaban J connectivity index is 2.12. The van der Waals surface area contributed by atoms with Gasteiger partial charge < -0.3 is 19.5 Å². The van der Waals surface area contributed by atoms with Gasteiger partial charge in [0.15, 0.2) is 11.5 Å². The van der Waals surface area contributed by atoms with Gasteiger partial charge in [-0.25, -0.2) is 0 Å². The Kier molecular flexibility index (Phi) is 3.03. The lowest BCUT2D eigenvalue weighted by Crippen LogP contribution is -2.48. The van der Waals surface area contributed by atoms with Crippen LogP contribution >= 0.6 is 0 Å². The first-order chi connectivity index (χ1) is 7.59. The molecular weight excluding hydrogens is 206 g/mol. The number of likely N-dealkylation sites (N-methyl/N-ethyl adjacent to an activating group) is 1. The van der Waals surface area contributed by atoms with Crippen LogP contribution in [0.25, 0.3) is 0 Å². The number of benzene rings is 1. The molecule has 0 saturated heterocycles. The molecular formula is C12H17NO3. The Morgan fingerprint density at radius 1 is 1.19 bits per heavy atom. The van der Waals surface area contributed by atoms with Crippen molar-refractivity contribution in [3.8, 4) is 11.5 Å². The van der Waals surface area contributed by atoms with Crippen molar-refractivity contribution in [3.05, 3.63) is 24.3 Å². The van der Waals surface area contributed by atoms with Crippen molar-refractivity contribution in [2.24, 2.45) is 0 Å². The Bertz CT molecular complexity index is 338. The number of fused-ring (bicyclic) bond motifs is 1. The van der Waals surface area contributed by atoms with Gasteiger partial charge in [-0.1, -0.05) is 12.1 Å². The van der Waals surface area contributed by atoms with Crippen LogP contribution in [0.2, 0.25) is 0 Å². The van der Waals surface area contributed by atoms with Crippen LogP contribution in [0, 0.1) is 0 Å². The fourth-order valence-electron chi connectivity index (χ4n) is 1.83. The molecule has 0 spiro atoms. The highest BCUT2D eigenvalue weighted by Crippen LogP contribution is 2.30. The standard InChI is InChI=1S/C12H17NO3/c1-13(2)7-12(14)8-15-10-5-3-4-6-11(10)16-9-12/h3-6,14H,7-9H2,1-2H3. The van der Waals surface area contributed by atoms with Gasteiger partial charge in [0.25, 0.3) is 0 Å². The van der Waals surface area contributed by atoms with E-state index in [9.17, 15) is 5.11 Å². The fraction of sp³-hybridized carbons (Fsp3) is 0.500. The SMILES string of the molecule is CN(C)CC1(O)COc2ccccc2OC1. The van der Waals surface area contributed by atoms with E-state index in [0.717, 1.165) is 0 Å². The molecule has 0 radical (unpaired) electrons. The van der Waals surface area contributed by atoms with Gasteiger partial charge in [-0.2, -0.15) is 0 Å². The van der Waals surface area contributed by atoms with E-state index < -0.39 is 5.60 Å². The summed E-state index contributed by atoms with van der Waals surface area (Å²) in [6, 6.07) is 7.46. The molecule has 2 rings (SSSR count). The zero-order valence-electron chi connectivity index (χ0n) is 9.64. The second kappa shape index (κ2) is 4.31. The van der Waals surface area contributed by atoms with E-state index >= 15 is 0 Å². The van der Waals surface area contributed by atoms with Crippen LogP contribution in [0.4, 0.5) is 0 Å². The molecule has 0 saturated carbocycles. The van der Waals surface area contributed by atoms with Gasteiger partial charge in [0, 0.05) is 6.54 Å². The molecule has 88 valence electrons. The molecule has 1 aliphatic heterocycles. The van der Waals surface area contributed by atoms with E-state index in [1.807, 2.05) is 43.3 Å². The molecule has 1 aliphatic rings. The van der Waals surface area contributed by atoms with Gasteiger partial charge in [0.05, 0.1) is 0 Å². The summed E-state index contributed by atoms with van der Waals surface area (Å²) in [5.74, 6) is 1.38. The number of aliphatic hydroxyl groups is 1. The predicted octanol–water partition coefficient (Wildman–Crippen LogP) is 0.750. The third-order valence-electron chi connectivity index (χ3n) is 2.45. The van der Waals surface area contributed by atoms with Crippen molar-refractivity contribution >= 4 is 0 Å². The van der Waals surface area contributed by atoms with E-state index in [0.29, 0.717) is 18.0 Å². The molecule has 4 nitrogen and oxygen atoms in total. The molecule has 16 heavy (non-hydrogen) atoms. The zero-order chi connectivity index (χ0) is 11.6. The molecule has 0 unspecified atom stereocenters. The molecule has 0 atom stereocenters. The summed E-state index contributed by atoms with van der Waals surface area (Å²) in [6.45, 7) is 1.02. The van der Waals surface area contributed by atoms with Crippen molar-refractivity contribution in [1.29, 1.82) is 0 Å². The molecule has 1 aromatic rings. The molecule has 0 aromatic heterocycles. The third kappa shape index (κ3) is 2.46. The minimum atomic E-state index is -0.956. The second-order valence-electron chi connectivity index (χ2n) is 4.49. The van der Waals surface area contributed by atoms with Crippen molar-refractivity contribution in [2.45, 2.75) is 5.60 Å². The quantitative estimate of drug-likeness (QED) is 0.803. The average Bonchev–Trinajstić information content (AvgIpc) is 2.39. The van der Waals surface area contributed by atoms with E-state index in [-0.39, 0.29) is 13.2 Å². The maximum absolute atomic E-state index is 10.3. The van der Waals surface area contributed by atoms with Gasteiger partial charge >= 0.3 is 0 Å². The first kappa shape index (κ1) is 11.2. The summed E-state index contributed by atoms with van der Waals surface area (Å²) in [5, 5.41) is 10.3. The minimum absolute atomic E-state index is 0.252. The third-order valence-corrected chi connectivity index (χ3v) is 2.45. The molecule has 0 bridgehead atoms. The molecule has 1 N–H and O–H groups in total. The number of hydrogen-bond donors (Lipinski definition) is 1. The number of para-hydroxylation sites is 2. The first-order valence-electron chi connectivity index (χ1n) is 5.31. The zero-order valence-corrected chi connectivity index (χ0v) is 9.64. The maximum Gasteiger partial charge on any atom is 0.161 e. The van der Waals surface area contributed by atoms with Gasteiger partial charge in [0.2, 0.25) is 0 Å². The summed E-state index contributed by atoms with van der Waals surface area (Å²) in [4.78, 5) is 1.92. The highest BCUT2D eigenvalue weighted by Gasteiger charge is 2.33. The second-order valence-corrected chi connectivity index (χ2v) is 4.49. The van der Waals surface area contributed by atoms with Crippen molar-refractivity contribution in [2.75, 3.05) is 33.9 Å². The van der Waals surface area contributed by atoms with Crippen LogP contribution in [0.15, 0.2) is 24.3 Å². The van der Waals surface area contributed by atoms with Crippen molar-refractivity contribution in [1.82, 2.24) is 4.90 Å². The topological polar surface area (TPSA) is 41.9 Å². The van der Waals surface area contributed by atoms with Gasteiger partial charge in [-0.05, 0) is 26.2 Å². The largest absolute Gasteiger partial charge is 0.487 e. The summed E-state index contributed by atoms with van der Waals surface area (Å²) < 4.78 is 11.1. The molecule has 1 heterocycles. The van der Waals surface area contributed by atoms with Crippen LogP contribution in [-0.4, -0.2) is 49.5 Å².